The van der Waals surface area contributed by atoms with Crippen LogP contribution in [0.2, 0.25) is 0 Å². The average Bonchev–Trinajstić information content (AvgIpc) is 2.00. The molecular formula is C11H30Cl2N2O. The lowest BCUT2D eigenvalue weighted by molar-refractivity contribution is -0.870. The van der Waals surface area contributed by atoms with Crippen molar-refractivity contribution in [1.29, 1.82) is 0 Å². The van der Waals surface area contributed by atoms with E-state index < -0.39 is 0 Å². The molecule has 0 radical (unpaired) electrons. The normalized spacial score (nSPS) is 9.75. The maximum atomic E-state index is 8.42. The molecule has 0 saturated heterocycles. The van der Waals surface area contributed by atoms with Gasteiger partial charge in [0.1, 0.15) is 0 Å². The summed E-state index contributed by atoms with van der Waals surface area (Å²) in [5, 5.41) is 8.42. The van der Waals surface area contributed by atoms with Crippen LogP contribution in [0.5, 0.6) is 0 Å². The summed E-state index contributed by atoms with van der Waals surface area (Å²) in [6.45, 7) is 4.86. The number of aliphatic hydroxyl groups is 1. The average molecular weight is 277 g/mol. The first-order chi connectivity index (χ1) is 6.33. The molecule has 0 fully saturated rings. The van der Waals surface area contributed by atoms with Crippen molar-refractivity contribution in [3.05, 3.63) is 0 Å². The van der Waals surface area contributed by atoms with E-state index in [1.807, 2.05) is 0 Å². The number of hydrogen-bond donors (Lipinski definition) is 2. The standard InChI is InChI=1S/C6H16NO.C5H13N.2ClH/c1-7(2,3)5-4-6-8;1-4-5-6(2)3;;/h8H,4-6H2,1-3H3;4-5H2,1-3H3;2*1H/q+1;;;/p-1. The fourth-order valence-corrected chi connectivity index (χ4v) is 1.05. The van der Waals surface area contributed by atoms with E-state index in [0.717, 1.165) is 17.4 Å². The molecular weight excluding hydrogens is 247 g/mol. The molecule has 0 heterocycles. The van der Waals surface area contributed by atoms with Gasteiger partial charge in [-0.15, -0.1) is 0 Å². The van der Waals surface area contributed by atoms with Crippen molar-refractivity contribution in [2.75, 3.05) is 54.9 Å². The van der Waals surface area contributed by atoms with Crippen molar-refractivity contribution in [3.63, 3.8) is 0 Å². The molecule has 0 unspecified atom stereocenters. The molecule has 3 nitrogen and oxygen atoms in total. The zero-order chi connectivity index (χ0) is 11.6. The number of rotatable bonds is 5. The Balaban J connectivity index is -0.0000000825. The Morgan fingerprint density at radius 3 is 1.56 bits per heavy atom. The first kappa shape index (κ1) is 25.3. The molecule has 0 aromatic carbocycles. The summed E-state index contributed by atoms with van der Waals surface area (Å²) < 4.78 is 0.945. The van der Waals surface area contributed by atoms with E-state index in [4.69, 9.17) is 5.11 Å². The molecule has 0 aromatic heterocycles. The highest BCUT2D eigenvalue weighted by molar-refractivity contribution is 4.28. The third-order valence-electron chi connectivity index (χ3n) is 1.74. The summed E-state index contributed by atoms with van der Waals surface area (Å²) in [4.78, 5) is 1.54. The van der Waals surface area contributed by atoms with Crippen molar-refractivity contribution < 1.29 is 39.3 Å². The predicted molar refractivity (Wildman–Crippen MR) is 62.6 cm³/mol. The Hall–Kier alpha value is 0.460. The summed E-state index contributed by atoms with van der Waals surface area (Å²) >= 11 is 0. The van der Waals surface area contributed by atoms with E-state index >= 15 is 0 Å². The predicted octanol–water partition coefficient (Wildman–Crippen LogP) is -6.38. The fraction of sp³-hybridized carbons (Fsp3) is 1.00. The third-order valence-corrected chi connectivity index (χ3v) is 1.74. The minimum absolute atomic E-state index is 0. The lowest BCUT2D eigenvalue weighted by Gasteiger charge is -2.22. The van der Waals surface area contributed by atoms with Crippen LogP contribution in [0.4, 0.5) is 0 Å². The Kier molecular flexibility index (Phi) is 24.5. The first-order valence-corrected chi connectivity index (χ1v) is 5.53. The van der Waals surface area contributed by atoms with Crippen LogP contribution in [-0.2, 0) is 0 Å². The SMILES string of the molecule is CCC[NH+](C)C.C[N+](C)(C)CCCO.[Cl-].[Cl-]. The van der Waals surface area contributed by atoms with Gasteiger partial charge in [-0.3, -0.25) is 0 Å². The zero-order valence-electron chi connectivity index (χ0n) is 11.7. The lowest BCUT2D eigenvalue weighted by atomic mass is 10.4. The second kappa shape index (κ2) is 15.5. The number of halogens is 2. The van der Waals surface area contributed by atoms with Gasteiger partial charge in [0.15, 0.2) is 0 Å². The van der Waals surface area contributed by atoms with Crippen molar-refractivity contribution >= 4 is 0 Å². The summed E-state index contributed by atoms with van der Waals surface area (Å²) in [5.41, 5.74) is 0. The Labute approximate surface area is 114 Å². The van der Waals surface area contributed by atoms with Crippen LogP contribution in [0.25, 0.3) is 0 Å². The largest absolute Gasteiger partial charge is 1.00 e. The molecule has 16 heavy (non-hydrogen) atoms. The van der Waals surface area contributed by atoms with Crippen molar-refractivity contribution in [2.45, 2.75) is 19.8 Å². The second-order valence-corrected chi connectivity index (χ2v) is 5.05. The molecule has 0 spiro atoms. The van der Waals surface area contributed by atoms with E-state index in [9.17, 15) is 0 Å². The van der Waals surface area contributed by atoms with Gasteiger partial charge in [-0.05, 0) is 6.42 Å². The molecule has 0 saturated carbocycles. The number of hydrogen-bond acceptors (Lipinski definition) is 1. The minimum atomic E-state index is 0. The topological polar surface area (TPSA) is 24.7 Å². The molecule has 0 aliphatic heterocycles. The van der Waals surface area contributed by atoms with E-state index in [0.29, 0.717) is 6.61 Å². The highest BCUT2D eigenvalue weighted by Crippen LogP contribution is 1.90. The number of nitrogens with zero attached hydrogens (tertiary/aromatic N) is 1. The fourth-order valence-electron chi connectivity index (χ4n) is 1.05. The Morgan fingerprint density at radius 1 is 1.06 bits per heavy atom. The smallest absolute Gasteiger partial charge is 0.0802 e. The maximum absolute atomic E-state index is 8.42. The zero-order valence-corrected chi connectivity index (χ0v) is 13.2. The van der Waals surface area contributed by atoms with Gasteiger partial charge in [0.2, 0.25) is 0 Å². The summed E-state index contributed by atoms with van der Waals surface area (Å²) in [7, 11) is 10.7. The Morgan fingerprint density at radius 2 is 1.50 bits per heavy atom. The van der Waals surface area contributed by atoms with Crippen LogP contribution in [0.3, 0.4) is 0 Å². The van der Waals surface area contributed by atoms with Gasteiger partial charge in [-0.2, -0.15) is 0 Å². The van der Waals surface area contributed by atoms with Crippen LogP contribution in [0.15, 0.2) is 0 Å². The quantitative estimate of drug-likeness (QED) is 0.480. The lowest BCUT2D eigenvalue weighted by Crippen LogP contribution is -3.05. The van der Waals surface area contributed by atoms with Crippen molar-refractivity contribution in [2.24, 2.45) is 0 Å². The van der Waals surface area contributed by atoms with Crippen LogP contribution >= 0.6 is 0 Å². The number of aliphatic hydroxyl groups excluding tert-OH is 1. The van der Waals surface area contributed by atoms with E-state index in [1.54, 1.807) is 0 Å². The van der Waals surface area contributed by atoms with Crippen LogP contribution in [-0.4, -0.2) is 64.5 Å². The van der Waals surface area contributed by atoms with E-state index in [-0.39, 0.29) is 24.8 Å². The molecule has 0 aliphatic rings. The number of quaternary nitrogens is 2. The van der Waals surface area contributed by atoms with Gasteiger partial charge in [0.05, 0.1) is 48.3 Å². The van der Waals surface area contributed by atoms with Gasteiger partial charge in [0, 0.05) is 13.0 Å². The number of nitrogens with one attached hydrogen (secondary N) is 1. The van der Waals surface area contributed by atoms with Crippen LogP contribution < -0.4 is 29.7 Å². The monoisotopic (exact) mass is 276 g/mol. The maximum Gasteiger partial charge on any atom is 0.0802 e. The molecule has 0 aromatic rings. The Bertz CT molecular complexity index is 117. The van der Waals surface area contributed by atoms with Gasteiger partial charge in [0.25, 0.3) is 0 Å². The van der Waals surface area contributed by atoms with E-state index in [2.05, 4.69) is 42.2 Å². The molecule has 5 heteroatoms. The third kappa shape index (κ3) is 36.6. The van der Waals surface area contributed by atoms with Crippen molar-refractivity contribution in [3.8, 4) is 0 Å². The van der Waals surface area contributed by atoms with Gasteiger partial charge >= 0.3 is 0 Å². The van der Waals surface area contributed by atoms with Crippen molar-refractivity contribution in [1.82, 2.24) is 0 Å². The highest BCUT2D eigenvalue weighted by atomic mass is 35.5. The summed E-state index contributed by atoms with van der Waals surface area (Å²) in [6, 6.07) is 0. The highest BCUT2D eigenvalue weighted by Gasteiger charge is 2.03. The first-order valence-electron chi connectivity index (χ1n) is 5.53. The van der Waals surface area contributed by atoms with E-state index in [1.165, 1.54) is 17.9 Å². The van der Waals surface area contributed by atoms with Crippen LogP contribution in [0, 0.1) is 0 Å². The molecule has 0 bridgehead atoms. The molecule has 0 atom stereocenters. The minimum Gasteiger partial charge on any atom is -1.00 e. The van der Waals surface area contributed by atoms with Gasteiger partial charge < -0.3 is 39.3 Å². The molecule has 0 rings (SSSR count). The second-order valence-electron chi connectivity index (χ2n) is 5.05. The van der Waals surface area contributed by atoms with Gasteiger partial charge in [-0.1, -0.05) is 6.92 Å². The summed E-state index contributed by atoms with van der Waals surface area (Å²) in [5.74, 6) is 0. The molecule has 0 aliphatic carbocycles. The molecule has 104 valence electrons. The molecule has 2 N–H and O–H groups in total. The van der Waals surface area contributed by atoms with Gasteiger partial charge in [-0.25, -0.2) is 0 Å². The molecule has 0 amide bonds. The summed E-state index contributed by atoms with van der Waals surface area (Å²) in [6.07, 6.45) is 2.20. The van der Waals surface area contributed by atoms with Crippen LogP contribution in [0.1, 0.15) is 19.8 Å².